The first-order valence-corrected chi connectivity index (χ1v) is 37.2. The Bertz CT molecular complexity index is 1880. The fourth-order valence-electron chi connectivity index (χ4n) is 9.80. The molecule has 0 aromatic rings. The fraction of sp³-hybridized carbons (Fsp3) is 0.714. The van der Waals surface area contributed by atoms with Gasteiger partial charge in [-0.1, -0.05) is 322 Å². The lowest BCUT2D eigenvalue weighted by atomic mass is 10.0. The van der Waals surface area contributed by atoms with E-state index in [9.17, 15) is 19.0 Å². The summed E-state index contributed by atoms with van der Waals surface area (Å²) in [7, 11) is 1.16. The third kappa shape index (κ3) is 71.4. The quantitative estimate of drug-likeness (QED) is 0.0195. The van der Waals surface area contributed by atoms with E-state index in [4.69, 9.17) is 18.5 Å². The van der Waals surface area contributed by atoms with Gasteiger partial charge in [-0.15, -0.1) is 0 Å². The van der Waals surface area contributed by atoms with Crippen molar-refractivity contribution >= 4 is 19.8 Å². The van der Waals surface area contributed by atoms with E-state index in [1.54, 1.807) is 0 Å². The smallest absolute Gasteiger partial charge is 0.306 e. The number of esters is 2. The van der Waals surface area contributed by atoms with Crippen molar-refractivity contribution in [2.45, 2.75) is 309 Å². The SMILES string of the molecule is CC/C=C\C/C=C\C/C=C\C/C=C\C/C=C\C/C=C\C/C=C\C/C=C\C/C=C\C/C=C\CCCCCCCCCCCCC(=O)OC(COC(=O)CCCCCCCCCCCCCCCCCCCCCCCC)COP(=O)([O-])OCC[N+](C)(C)C. The topological polar surface area (TPSA) is 111 Å². The lowest BCUT2D eigenvalue weighted by Gasteiger charge is -2.28. The molecule has 0 aliphatic heterocycles. The van der Waals surface area contributed by atoms with Gasteiger partial charge in [0.15, 0.2) is 6.10 Å². The molecular formula is C77H134NO8P. The fourth-order valence-corrected chi connectivity index (χ4v) is 10.5. The number of phosphoric acid groups is 1. The average Bonchev–Trinajstić information content (AvgIpc) is 3.50. The summed E-state index contributed by atoms with van der Waals surface area (Å²) in [5, 5.41) is 0. The largest absolute Gasteiger partial charge is 0.756 e. The molecule has 87 heavy (non-hydrogen) atoms. The van der Waals surface area contributed by atoms with Crippen LogP contribution in [0.15, 0.2) is 122 Å². The van der Waals surface area contributed by atoms with Gasteiger partial charge in [-0.05, 0) is 89.9 Å². The van der Waals surface area contributed by atoms with Crippen LogP contribution in [-0.4, -0.2) is 70.0 Å². The number of allylic oxidation sites excluding steroid dienone is 20. The van der Waals surface area contributed by atoms with E-state index in [0.717, 1.165) is 109 Å². The molecule has 0 aromatic heterocycles. The Morgan fingerprint density at radius 1 is 0.368 bits per heavy atom. The first kappa shape index (κ1) is 83.4. The number of ether oxygens (including phenoxy) is 2. The Morgan fingerprint density at radius 3 is 0.977 bits per heavy atom. The molecule has 10 heteroatoms. The number of hydrogen-bond acceptors (Lipinski definition) is 8. The molecule has 0 aromatic carbocycles. The van der Waals surface area contributed by atoms with Gasteiger partial charge in [0.25, 0.3) is 7.82 Å². The molecule has 0 aliphatic carbocycles. The van der Waals surface area contributed by atoms with Crippen LogP contribution < -0.4 is 4.89 Å². The van der Waals surface area contributed by atoms with Crippen molar-refractivity contribution in [3.05, 3.63) is 122 Å². The summed E-state index contributed by atoms with van der Waals surface area (Å²) in [4.78, 5) is 38.1. The summed E-state index contributed by atoms with van der Waals surface area (Å²) in [5.41, 5.74) is 0. The minimum absolute atomic E-state index is 0.0347. The van der Waals surface area contributed by atoms with Crippen molar-refractivity contribution < 1.29 is 42.1 Å². The minimum Gasteiger partial charge on any atom is -0.756 e. The molecule has 0 heterocycles. The minimum atomic E-state index is -4.65. The van der Waals surface area contributed by atoms with E-state index in [-0.39, 0.29) is 32.0 Å². The van der Waals surface area contributed by atoms with Gasteiger partial charge in [-0.2, -0.15) is 0 Å². The number of hydrogen-bond donors (Lipinski definition) is 0. The molecule has 0 fully saturated rings. The van der Waals surface area contributed by atoms with Crippen LogP contribution in [0.25, 0.3) is 0 Å². The van der Waals surface area contributed by atoms with Crippen LogP contribution in [-0.2, 0) is 32.7 Å². The van der Waals surface area contributed by atoms with Crippen LogP contribution in [0.5, 0.6) is 0 Å². The Kier molecular flexibility index (Phi) is 64.1. The van der Waals surface area contributed by atoms with Crippen LogP contribution in [0, 0.1) is 0 Å². The second-order valence-electron chi connectivity index (χ2n) is 24.9. The zero-order valence-electron chi connectivity index (χ0n) is 56.9. The highest BCUT2D eigenvalue weighted by Crippen LogP contribution is 2.38. The molecule has 2 unspecified atom stereocenters. The van der Waals surface area contributed by atoms with E-state index >= 15 is 0 Å². The predicted octanol–water partition coefficient (Wildman–Crippen LogP) is 22.8. The summed E-state index contributed by atoms with van der Waals surface area (Å²) < 4.78 is 34.3. The number of phosphoric ester groups is 1. The molecule has 500 valence electrons. The van der Waals surface area contributed by atoms with Gasteiger partial charge in [0, 0.05) is 12.8 Å². The van der Waals surface area contributed by atoms with E-state index < -0.39 is 26.5 Å². The predicted molar refractivity (Wildman–Crippen MR) is 374 cm³/mol. The van der Waals surface area contributed by atoms with Crippen LogP contribution in [0.2, 0.25) is 0 Å². The zero-order valence-corrected chi connectivity index (χ0v) is 57.8. The summed E-state index contributed by atoms with van der Waals surface area (Å²) >= 11 is 0. The van der Waals surface area contributed by atoms with E-state index in [1.807, 2.05) is 21.1 Å². The van der Waals surface area contributed by atoms with Gasteiger partial charge in [0.1, 0.15) is 19.8 Å². The molecule has 0 bridgehead atoms. The average molecular weight is 1230 g/mol. The van der Waals surface area contributed by atoms with Gasteiger partial charge in [0.05, 0.1) is 27.7 Å². The van der Waals surface area contributed by atoms with Crippen molar-refractivity contribution in [2.75, 3.05) is 47.5 Å². The first-order chi connectivity index (χ1) is 42.5. The van der Waals surface area contributed by atoms with Gasteiger partial charge in [-0.3, -0.25) is 14.2 Å². The van der Waals surface area contributed by atoms with Crippen molar-refractivity contribution in [3.63, 3.8) is 0 Å². The molecule has 0 saturated heterocycles. The maximum Gasteiger partial charge on any atom is 0.306 e. The highest BCUT2D eigenvalue weighted by Gasteiger charge is 2.22. The summed E-state index contributed by atoms with van der Waals surface area (Å²) in [6, 6.07) is 0. The molecule has 0 radical (unpaired) electrons. The monoisotopic (exact) mass is 1230 g/mol. The number of nitrogens with zero attached hydrogens (tertiary/aromatic N) is 1. The number of rotatable bonds is 65. The lowest BCUT2D eigenvalue weighted by Crippen LogP contribution is -2.37. The normalized spacial score (nSPS) is 13.9. The standard InChI is InChI=1S/C77H134NO8P/c1-6-8-10-12-14-16-18-20-22-24-26-28-30-31-32-33-34-35-36-37-38-39-40-41-42-43-44-45-46-47-48-50-52-54-56-58-60-62-64-66-68-70-77(80)86-75(74-85-87(81,82)84-72-71-78(3,4)5)73-83-76(79)69-67-65-63-61-59-57-55-53-51-49-29-27-25-23-21-19-17-15-13-11-9-7-2/h8,10,14,16,20,22,26,28,31-32,34-35,37-38,40-41,43-44,46-47,75H,6-7,9,11-13,15,17-19,21,23-25,27,29-30,33,36,39,42,45,48-74H2,1-5H3/b10-8-,16-14-,22-20-,28-26-,32-31-,35-34-,38-37-,41-40-,44-43-,47-46-. The molecule has 0 saturated carbocycles. The van der Waals surface area contributed by atoms with Crippen LogP contribution in [0.3, 0.4) is 0 Å². The highest BCUT2D eigenvalue weighted by molar-refractivity contribution is 7.45. The number of quaternary nitrogens is 1. The van der Waals surface area contributed by atoms with Crippen LogP contribution >= 0.6 is 7.82 Å². The maximum atomic E-state index is 12.9. The molecule has 2 atom stereocenters. The molecular weight excluding hydrogens is 1100 g/mol. The van der Waals surface area contributed by atoms with E-state index in [0.29, 0.717) is 17.4 Å². The number of unbranched alkanes of at least 4 members (excludes halogenated alkanes) is 31. The third-order valence-corrected chi connectivity index (χ3v) is 16.2. The zero-order chi connectivity index (χ0) is 63.4. The van der Waals surface area contributed by atoms with Gasteiger partial charge in [0.2, 0.25) is 0 Å². The maximum absolute atomic E-state index is 12.9. The van der Waals surface area contributed by atoms with Crippen LogP contribution in [0.4, 0.5) is 0 Å². The lowest BCUT2D eigenvalue weighted by molar-refractivity contribution is -0.870. The number of carbonyl (C=O) groups is 2. The van der Waals surface area contributed by atoms with Crippen molar-refractivity contribution in [1.82, 2.24) is 0 Å². The van der Waals surface area contributed by atoms with Crippen molar-refractivity contribution in [1.29, 1.82) is 0 Å². The number of likely N-dealkylation sites (N-methyl/N-ethyl adjacent to an activating group) is 1. The van der Waals surface area contributed by atoms with Gasteiger partial charge >= 0.3 is 11.9 Å². The first-order valence-electron chi connectivity index (χ1n) is 35.7. The number of carbonyl (C=O) groups excluding carboxylic acids is 2. The Morgan fingerprint density at radius 2 is 0.655 bits per heavy atom. The van der Waals surface area contributed by atoms with Crippen molar-refractivity contribution in [3.8, 4) is 0 Å². The summed E-state index contributed by atoms with van der Waals surface area (Å²) in [6.07, 6.45) is 95.6. The van der Waals surface area contributed by atoms with E-state index in [2.05, 4.69) is 135 Å². The third-order valence-electron chi connectivity index (χ3n) is 15.2. The highest BCUT2D eigenvalue weighted by atomic mass is 31.2. The Labute approximate surface area is 537 Å². The molecule has 0 rings (SSSR count). The summed E-state index contributed by atoms with van der Waals surface area (Å²) in [5.74, 6) is -0.832. The van der Waals surface area contributed by atoms with E-state index in [1.165, 1.54) is 161 Å². The van der Waals surface area contributed by atoms with Gasteiger partial charge in [-0.25, -0.2) is 0 Å². The van der Waals surface area contributed by atoms with Crippen molar-refractivity contribution in [2.24, 2.45) is 0 Å². The summed E-state index contributed by atoms with van der Waals surface area (Å²) in [6.45, 7) is 4.15. The van der Waals surface area contributed by atoms with Gasteiger partial charge < -0.3 is 27.9 Å². The molecule has 0 amide bonds. The molecule has 0 aliphatic rings. The second-order valence-corrected chi connectivity index (χ2v) is 26.3. The Balaban J connectivity index is 4.07. The Hall–Kier alpha value is -3.59. The molecule has 0 spiro atoms. The molecule has 0 N–H and O–H groups in total. The van der Waals surface area contributed by atoms with Crippen LogP contribution in [0.1, 0.15) is 303 Å². The second kappa shape index (κ2) is 66.8. The molecule has 9 nitrogen and oxygen atoms in total.